The summed E-state index contributed by atoms with van der Waals surface area (Å²) in [6, 6.07) is 9.47. The molecule has 2 bridgehead atoms. The van der Waals surface area contributed by atoms with E-state index in [9.17, 15) is 9.59 Å². The maximum absolute atomic E-state index is 12.9. The normalized spacial score (nSPS) is 20.4. The Balaban J connectivity index is 1.43. The number of hydrogen-bond donors (Lipinski definition) is 0. The predicted octanol–water partition coefficient (Wildman–Crippen LogP) is 2.06. The third-order valence-corrected chi connectivity index (χ3v) is 6.10. The molecule has 1 amide bonds. The lowest BCUT2D eigenvalue weighted by Crippen LogP contribution is -2.49. The Morgan fingerprint density at radius 2 is 2.03 bits per heavy atom. The Morgan fingerprint density at radius 1 is 1.14 bits per heavy atom. The maximum Gasteiger partial charge on any atom is 0.251 e. The molecule has 2 aliphatic heterocycles. The number of carbonyl (C=O) groups is 1. The third kappa shape index (κ3) is 3.26. The van der Waals surface area contributed by atoms with Gasteiger partial charge in [0.2, 0.25) is 5.91 Å². The molecule has 0 unspecified atom stereocenters. The number of fused-ring (bicyclic) bond motifs is 4. The van der Waals surface area contributed by atoms with Crippen molar-refractivity contribution in [2.24, 2.45) is 5.92 Å². The van der Waals surface area contributed by atoms with Crippen LogP contribution in [0.1, 0.15) is 23.9 Å². The maximum atomic E-state index is 12.9. The summed E-state index contributed by atoms with van der Waals surface area (Å²) in [6.07, 6.45) is 6.31. The molecule has 5 rings (SSSR count). The van der Waals surface area contributed by atoms with E-state index in [0.717, 1.165) is 29.2 Å². The van der Waals surface area contributed by atoms with Crippen LogP contribution >= 0.6 is 0 Å². The van der Waals surface area contributed by atoms with Gasteiger partial charge in [-0.15, -0.1) is 0 Å². The van der Waals surface area contributed by atoms with E-state index in [1.807, 2.05) is 45.4 Å². The molecule has 7 heteroatoms. The van der Waals surface area contributed by atoms with Crippen molar-refractivity contribution in [3.63, 3.8) is 0 Å². The van der Waals surface area contributed by atoms with Crippen molar-refractivity contribution < 1.29 is 4.79 Å². The Labute approximate surface area is 168 Å². The summed E-state index contributed by atoms with van der Waals surface area (Å²) < 4.78 is 3.78. The molecule has 148 valence electrons. The van der Waals surface area contributed by atoms with E-state index < -0.39 is 0 Å². The molecule has 2 aliphatic rings. The van der Waals surface area contributed by atoms with E-state index in [2.05, 4.69) is 16.0 Å². The Kier molecular flexibility index (Phi) is 4.30. The minimum absolute atomic E-state index is 0.0201. The zero-order valence-electron chi connectivity index (χ0n) is 16.4. The highest BCUT2D eigenvalue weighted by atomic mass is 16.2. The second-order valence-corrected chi connectivity index (χ2v) is 8.03. The lowest BCUT2D eigenvalue weighted by molar-refractivity contribution is -0.134. The van der Waals surface area contributed by atoms with E-state index in [1.165, 1.54) is 0 Å². The molecule has 5 heterocycles. The fourth-order valence-electron chi connectivity index (χ4n) is 4.66. The highest BCUT2D eigenvalue weighted by Gasteiger charge is 2.36. The summed E-state index contributed by atoms with van der Waals surface area (Å²) >= 11 is 0. The molecule has 0 spiro atoms. The van der Waals surface area contributed by atoms with Crippen LogP contribution in [0.2, 0.25) is 0 Å². The molecular formula is C22H23N5O2. The van der Waals surface area contributed by atoms with Gasteiger partial charge in [0.25, 0.3) is 5.56 Å². The van der Waals surface area contributed by atoms with E-state index in [0.29, 0.717) is 32.1 Å². The summed E-state index contributed by atoms with van der Waals surface area (Å²) in [4.78, 5) is 36.3. The van der Waals surface area contributed by atoms with Crippen molar-refractivity contribution in [1.29, 1.82) is 0 Å². The molecule has 2 atom stereocenters. The largest absolute Gasteiger partial charge is 0.340 e. The molecule has 3 aromatic rings. The van der Waals surface area contributed by atoms with E-state index >= 15 is 0 Å². The lowest BCUT2D eigenvalue weighted by atomic mass is 9.82. The topological polar surface area (TPSA) is 73.0 Å². The number of imidazole rings is 1. The van der Waals surface area contributed by atoms with E-state index in [-0.39, 0.29) is 17.4 Å². The highest BCUT2D eigenvalue weighted by Crippen LogP contribution is 2.36. The summed E-state index contributed by atoms with van der Waals surface area (Å²) in [6.45, 7) is 4.23. The number of nitrogens with zero attached hydrogens (tertiary/aromatic N) is 5. The van der Waals surface area contributed by atoms with Gasteiger partial charge in [0, 0.05) is 61.5 Å². The van der Waals surface area contributed by atoms with Gasteiger partial charge < -0.3 is 14.0 Å². The molecule has 29 heavy (non-hydrogen) atoms. The first kappa shape index (κ1) is 17.8. The molecular weight excluding hydrogens is 366 g/mol. The number of aryl methyl sites for hydroxylation is 1. The fourth-order valence-corrected chi connectivity index (χ4v) is 4.66. The monoisotopic (exact) mass is 389 g/mol. The second kappa shape index (κ2) is 6.99. The number of carbonyl (C=O) groups excluding carboxylic acids is 1. The lowest BCUT2D eigenvalue weighted by Gasteiger charge is -2.43. The molecule has 0 radical (unpaired) electrons. The summed E-state index contributed by atoms with van der Waals surface area (Å²) in [5.74, 6) is 1.43. The third-order valence-electron chi connectivity index (χ3n) is 6.10. The number of hydrogen-bond acceptors (Lipinski definition) is 4. The molecule has 1 fully saturated rings. The summed E-state index contributed by atoms with van der Waals surface area (Å²) in [7, 11) is 0. The van der Waals surface area contributed by atoms with Crippen LogP contribution in [0.3, 0.4) is 0 Å². The number of likely N-dealkylation sites (tertiary alicyclic amines) is 1. The van der Waals surface area contributed by atoms with Gasteiger partial charge in [-0.25, -0.2) is 4.98 Å². The van der Waals surface area contributed by atoms with Crippen LogP contribution in [-0.4, -0.2) is 43.0 Å². The summed E-state index contributed by atoms with van der Waals surface area (Å²) in [5, 5.41) is 0. The van der Waals surface area contributed by atoms with Crippen LogP contribution in [0.15, 0.2) is 53.7 Å². The second-order valence-electron chi connectivity index (χ2n) is 8.03. The molecule has 7 nitrogen and oxygen atoms in total. The molecule has 1 saturated heterocycles. The molecule has 0 aliphatic carbocycles. The van der Waals surface area contributed by atoms with Crippen molar-refractivity contribution in [2.75, 3.05) is 13.1 Å². The van der Waals surface area contributed by atoms with E-state index in [1.54, 1.807) is 18.5 Å². The zero-order valence-corrected chi connectivity index (χ0v) is 16.4. The Hall–Kier alpha value is -3.22. The van der Waals surface area contributed by atoms with Crippen LogP contribution in [0, 0.1) is 12.8 Å². The predicted molar refractivity (Wildman–Crippen MR) is 108 cm³/mol. The van der Waals surface area contributed by atoms with Crippen LogP contribution in [0.5, 0.6) is 0 Å². The minimum atomic E-state index is 0.0201. The van der Waals surface area contributed by atoms with E-state index in [4.69, 9.17) is 0 Å². The molecule has 3 aromatic heterocycles. The van der Waals surface area contributed by atoms with Crippen LogP contribution in [0.25, 0.3) is 11.3 Å². The first-order valence-corrected chi connectivity index (χ1v) is 10.00. The number of aromatic nitrogens is 4. The molecule has 0 saturated carbocycles. The molecule has 0 aromatic carbocycles. The average molecular weight is 389 g/mol. The minimum Gasteiger partial charge on any atom is -0.340 e. The zero-order chi connectivity index (χ0) is 20.0. The van der Waals surface area contributed by atoms with Crippen molar-refractivity contribution in [3.05, 3.63) is 70.8 Å². The smallest absolute Gasteiger partial charge is 0.251 e. The number of amides is 1. The van der Waals surface area contributed by atoms with Gasteiger partial charge in [-0.05, 0) is 37.5 Å². The van der Waals surface area contributed by atoms with Gasteiger partial charge >= 0.3 is 0 Å². The van der Waals surface area contributed by atoms with Gasteiger partial charge in [-0.2, -0.15) is 0 Å². The van der Waals surface area contributed by atoms with Gasteiger partial charge in [0.1, 0.15) is 12.4 Å². The Bertz CT molecular complexity index is 1120. The number of pyridine rings is 2. The van der Waals surface area contributed by atoms with Crippen molar-refractivity contribution in [3.8, 4) is 11.3 Å². The van der Waals surface area contributed by atoms with Crippen molar-refractivity contribution in [1.82, 2.24) is 24.0 Å². The molecule has 0 N–H and O–H groups in total. The van der Waals surface area contributed by atoms with Crippen LogP contribution in [-0.2, 0) is 17.9 Å². The van der Waals surface area contributed by atoms with Gasteiger partial charge in [0.15, 0.2) is 0 Å². The standard InChI is InChI=1S/C22H23N5O2/c1-15-23-6-7-25(15)14-22(29)26-11-16-8-18(13-26)20-9-17(10-21(28)27(20)12-16)19-4-2-3-5-24-19/h2-7,9-10,16,18H,8,11-14H2,1H3/t16-,18+/m0/s1. The van der Waals surface area contributed by atoms with Crippen LogP contribution in [0.4, 0.5) is 0 Å². The number of rotatable bonds is 3. The SMILES string of the molecule is Cc1nccn1CC(=O)N1C[C@@H]2C[C@H](C1)c1cc(-c3ccccn3)cc(=O)n1C2. The van der Waals surface area contributed by atoms with Crippen LogP contribution < -0.4 is 5.56 Å². The quantitative estimate of drug-likeness (QED) is 0.687. The highest BCUT2D eigenvalue weighted by molar-refractivity contribution is 5.76. The fraction of sp³-hybridized carbons (Fsp3) is 0.364. The Morgan fingerprint density at radius 3 is 2.79 bits per heavy atom. The summed E-state index contributed by atoms with van der Waals surface area (Å²) in [5.41, 5.74) is 2.68. The van der Waals surface area contributed by atoms with Crippen molar-refractivity contribution >= 4 is 5.91 Å². The first-order chi connectivity index (χ1) is 14.1. The number of piperidine rings is 1. The average Bonchev–Trinajstić information content (AvgIpc) is 3.13. The van der Waals surface area contributed by atoms with Crippen molar-refractivity contribution in [2.45, 2.75) is 32.4 Å². The van der Waals surface area contributed by atoms with Gasteiger partial charge in [0.05, 0.1) is 5.69 Å². The van der Waals surface area contributed by atoms with Gasteiger partial charge in [-0.3, -0.25) is 14.6 Å². The first-order valence-electron chi connectivity index (χ1n) is 10.00. The van der Waals surface area contributed by atoms with Gasteiger partial charge in [-0.1, -0.05) is 6.07 Å².